The first-order valence-electron chi connectivity index (χ1n) is 9.24. The number of unbranched alkanes of at least 4 members (excludes halogenated alkanes) is 1. The first kappa shape index (κ1) is 21.3. The molecule has 1 heterocycles. The van der Waals surface area contributed by atoms with Crippen molar-refractivity contribution in [3.8, 4) is 5.75 Å². The minimum atomic E-state index is -4.76. The first-order valence-corrected chi connectivity index (χ1v) is 9.24. The lowest BCUT2D eigenvalue weighted by molar-refractivity contribution is -0.274. The van der Waals surface area contributed by atoms with Gasteiger partial charge in [-0.25, -0.2) is 0 Å². The molecule has 0 aromatic heterocycles. The molecule has 1 saturated heterocycles. The number of nitrogens with one attached hydrogen (secondary N) is 1. The Morgan fingerprint density at radius 3 is 2.48 bits per heavy atom. The van der Waals surface area contributed by atoms with Crippen LogP contribution in [0.1, 0.15) is 19.8 Å². The second-order valence-electron chi connectivity index (χ2n) is 6.42. The van der Waals surface area contributed by atoms with E-state index in [1.165, 1.54) is 18.2 Å². The maximum Gasteiger partial charge on any atom is 0.573 e. The summed E-state index contributed by atoms with van der Waals surface area (Å²) in [5, 5.41) is 2.67. The highest BCUT2D eigenvalue weighted by molar-refractivity contribution is 5.93. The Balaban J connectivity index is 1.71. The molecule has 0 saturated carbocycles. The monoisotopic (exact) mass is 387 g/mol. The molecule has 0 bridgehead atoms. The zero-order valence-electron chi connectivity index (χ0n) is 15.6. The van der Waals surface area contributed by atoms with Crippen molar-refractivity contribution in [2.75, 3.05) is 51.1 Å². The Bertz CT molecular complexity index is 601. The van der Waals surface area contributed by atoms with E-state index >= 15 is 0 Å². The highest BCUT2D eigenvalue weighted by atomic mass is 19.4. The number of hydrogen-bond donors (Lipinski definition) is 2. The normalized spacial score (nSPS) is 17.1. The van der Waals surface area contributed by atoms with Crippen molar-refractivity contribution in [2.45, 2.75) is 26.1 Å². The Kier molecular flexibility index (Phi) is 8.18. The molecule has 6 nitrogen and oxygen atoms in total. The smallest absolute Gasteiger partial charge is 0.404 e. The van der Waals surface area contributed by atoms with Crippen molar-refractivity contribution >= 4 is 11.6 Å². The van der Waals surface area contributed by atoms with Gasteiger partial charge in [0.05, 0.1) is 5.69 Å². The van der Waals surface area contributed by atoms with Gasteiger partial charge in [0, 0.05) is 32.7 Å². The molecular weight excluding hydrogens is 359 g/mol. The standard InChI is InChI=1S/C18H28F3N5O/c1-2-25-11-13-26(14-12-25)10-6-5-9-23-17(22)24-15-7-3-4-8-16(15)27-18(19,20)21/h3-4,7-8H,2,5-6,9-14H2,1H3,(H3,22,23,24). The third-order valence-corrected chi connectivity index (χ3v) is 4.45. The van der Waals surface area contributed by atoms with Crippen molar-refractivity contribution in [1.82, 2.24) is 9.80 Å². The van der Waals surface area contributed by atoms with E-state index < -0.39 is 6.36 Å². The van der Waals surface area contributed by atoms with Crippen molar-refractivity contribution in [3.05, 3.63) is 24.3 Å². The van der Waals surface area contributed by atoms with Gasteiger partial charge < -0.3 is 25.6 Å². The summed E-state index contributed by atoms with van der Waals surface area (Å²) in [7, 11) is 0. The Morgan fingerprint density at radius 2 is 1.81 bits per heavy atom. The number of nitrogens with zero attached hydrogens (tertiary/aromatic N) is 3. The van der Waals surface area contributed by atoms with E-state index in [0.29, 0.717) is 6.54 Å². The Labute approximate surface area is 158 Å². The molecule has 1 aliphatic rings. The van der Waals surface area contributed by atoms with Gasteiger partial charge in [-0.1, -0.05) is 19.1 Å². The number of ether oxygens (including phenoxy) is 1. The van der Waals surface area contributed by atoms with Gasteiger partial charge >= 0.3 is 6.36 Å². The highest BCUT2D eigenvalue weighted by Crippen LogP contribution is 2.29. The summed E-state index contributed by atoms with van der Waals surface area (Å²) in [6, 6.07) is 5.73. The van der Waals surface area contributed by atoms with E-state index in [1.54, 1.807) is 6.07 Å². The number of likely N-dealkylation sites (N-methyl/N-ethyl adjacent to an activating group) is 1. The quantitative estimate of drug-likeness (QED) is 0.408. The van der Waals surface area contributed by atoms with Crippen LogP contribution in [0, 0.1) is 0 Å². The number of alkyl halides is 3. The van der Waals surface area contributed by atoms with E-state index in [0.717, 1.165) is 52.1 Å². The Hall–Kier alpha value is -2.00. The van der Waals surface area contributed by atoms with E-state index in [2.05, 4.69) is 31.8 Å². The predicted molar refractivity (Wildman–Crippen MR) is 101 cm³/mol. The lowest BCUT2D eigenvalue weighted by Crippen LogP contribution is -2.46. The van der Waals surface area contributed by atoms with Crippen LogP contribution in [-0.2, 0) is 0 Å². The van der Waals surface area contributed by atoms with Gasteiger partial charge in [0.15, 0.2) is 11.7 Å². The molecule has 0 spiro atoms. The zero-order valence-corrected chi connectivity index (χ0v) is 15.6. The summed E-state index contributed by atoms with van der Waals surface area (Å²) in [6.07, 6.45) is -2.87. The van der Waals surface area contributed by atoms with Crippen molar-refractivity contribution in [1.29, 1.82) is 0 Å². The van der Waals surface area contributed by atoms with Crippen LogP contribution in [0.2, 0.25) is 0 Å². The summed E-state index contributed by atoms with van der Waals surface area (Å²) in [5.41, 5.74) is 5.91. The molecule has 3 N–H and O–H groups in total. The third-order valence-electron chi connectivity index (χ3n) is 4.45. The lowest BCUT2D eigenvalue weighted by atomic mass is 10.2. The molecular formula is C18H28F3N5O. The number of nitrogens with two attached hydrogens (primary N) is 1. The average Bonchev–Trinajstić information content (AvgIpc) is 2.62. The van der Waals surface area contributed by atoms with Crippen LogP contribution in [0.5, 0.6) is 5.75 Å². The number of piperazine rings is 1. The molecule has 1 aliphatic heterocycles. The molecule has 1 fully saturated rings. The largest absolute Gasteiger partial charge is 0.573 e. The van der Waals surface area contributed by atoms with Crippen LogP contribution in [0.15, 0.2) is 29.3 Å². The highest BCUT2D eigenvalue weighted by Gasteiger charge is 2.32. The minimum absolute atomic E-state index is 0.0739. The number of benzene rings is 1. The van der Waals surface area contributed by atoms with E-state index in [1.807, 2.05) is 0 Å². The van der Waals surface area contributed by atoms with Crippen LogP contribution in [0.4, 0.5) is 18.9 Å². The van der Waals surface area contributed by atoms with Gasteiger partial charge in [0.1, 0.15) is 0 Å². The van der Waals surface area contributed by atoms with E-state index in [-0.39, 0.29) is 17.4 Å². The third kappa shape index (κ3) is 8.04. The fourth-order valence-electron chi connectivity index (χ4n) is 2.94. The number of para-hydroxylation sites is 2. The maximum atomic E-state index is 12.4. The van der Waals surface area contributed by atoms with Crippen molar-refractivity contribution in [3.63, 3.8) is 0 Å². The minimum Gasteiger partial charge on any atom is -0.404 e. The molecule has 9 heteroatoms. The maximum absolute atomic E-state index is 12.4. The number of anilines is 1. The van der Waals surface area contributed by atoms with Crippen molar-refractivity contribution < 1.29 is 17.9 Å². The summed E-state index contributed by atoms with van der Waals surface area (Å²) < 4.78 is 41.2. The molecule has 1 aromatic rings. The number of rotatable bonds is 8. The first-order chi connectivity index (χ1) is 12.9. The van der Waals surface area contributed by atoms with Gasteiger partial charge in [-0.15, -0.1) is 13.2 Å². The van der Waals surface area contributed by atoms with E-state index in [9.17, 15) is 13.2 Å². The number of guanidine groups is 1. The second kappa shape index (κ2) is 10.4. The van der Waals surface area contributed by atoms with Gasteiger partial charge in [0.2, 0.25) is 0 Å². The molecule has 0 unspecified atom stereocenters. The van der Waals surface area contributed by atoms with E-state index in [4.69, 9.17) is 5.73 Å². The van der Waals surface area contributed by atoms with Gasteiger partial charge in [-0.3, -0.25) is 4.99 Å². The van der Waals surface area contributed by atoms with Gasteiger partial charge in [-0.05, 0) is 38.1 Å². The second-order valence-corrected chi connectivity index (χ2v) is 6.42. The molecule has 27 heavy (non-hydrogen) atoms. The van der Waals surface area contributed by atoms with Crippen LogP contribution in [0.25, 0.3) is 0 Å². The number of halogens is 3. The molecule has 0 amide bonds. The number of aliphatic imine (C=N–C) groups is 1. The van der Waals surface area contributed by atoms with Crippen LogP contribution >= 0.6 is 0 Å². The molecule has 2 rings (SSSR count). The molecule has 0 radical (unpaired) electrons. The molecule has 1 aromatic carbocycles. The average molecular weight is 387 g/mol. The lowest BCUT2D eigenvalue weighted by Gasteiger charge is -2.33. The summed E-state index contributed by atoms with van der Waals surface area (Å²) in [5.74, 6) is -0.265. The van der Waals surface area contributed by atoms with Gasteiger partial charge in [-0.2, -0.15) is 0 Å². The molecule has 0 aliphatic carbocycles. The molecule has 152 valence electrons. The summed E-state index contributed by atoms with van der Waals surface area (Å²) in [6.45, 7) is 9.26. The van der Waals surface area contributed by atoms with Gasteiger partial charge in [0.25, 0.3) is 0 Å². The van der Waals surface area contributed by atoms with Crippen LogP contribution < -0.4 is 15.8 Å². The fourth-order valence-corrected chi connectivity index (χ4v) is 2.94. The Morgan fingerprint density at radius 1 is 1.15 bits per heavy atom. The summed E-state index contributed by atoms with van der Waals surface area (Å²) in [4.78, 5) is 9.07. The number of hydrogen-bond acceptors (Lipinski definition) is 4. The predicted octanol–water partition coefficient (Wildman–Crippen LogP) is 2.73. The SMILES string of the molecule is CCN1CCN(CCCCN=C(N)Nc2ccccc2OC(F)(F)F)CC1. The summed E-state index contributed by atoms with van der Waals surface area (Å²) >= 11 is 0. The fraction of sp³-hybridized carbons (Fsp3) is 0.611. The topological polar surface area (TPSA) is 66.1 Å². The van der Waals surface area contributed by atoms with Crippen molar-refractivity contribution in [2.24, 2.45) is 10.7 Å². The van der Waals surface area contributed by atoms with Crippen LogP contribution in [0.3, 0.4) is 0 Å². The zero-order chi connectivity index (χ0) is 19.7. The molecule has 0 atom stereocenters. The van der Waals surface area contributed by atoms with Crippen LogP contribution in [-0.4, -0.2) is 67.9 Å².